The van der Waals surface area contributed by atoms with E-state index < -0.39 is 0 Å². The van der Waals surface area contributed by atoms with Gasteiger partial charge in [0.2, 0.25) is 0 Å². The van der Waals surface area contributed by atoms with Crippen LogP contribution in [0.2, 0.25) is 0 Å². The lowest BCUT2D eigenvalue weighted by atomic mass is 9.78. The average molecular weight is 691 g/mol. The van der Waals surface area contributed by atoms with Crippen molar-refractivity contribution in [3.63, 3.8) is 0 Å². The fourth-order valence-corrected chi connectivity index (χ4v) is 9.45. The molecule has 0 aromatic heterocycles. The van der Waals surface area contributed by atoms with E-state index in [0.29, 0.717) is 0 Å². The molecule has 0 aliphatic heterocycles. The van der Waals surface area contributed by atoms with Gasteiger partial charge in [-0.3, -0.25) is 0 Å². The molecule has 0 bridgehead atoms. The Morgan fingerprint density at radius 1 is 0.407 bits per heavy atom. The normalized spacial score (nSPS) is 16.4. The number of rotatable bonds is 3. The summed E-state index contributed by atoms with van der Waals surface area (Å²) < 4.78 is 0. The van der Waals surface area contributed by atoms with Crippen molar-refractivity contribution in [2.45, 2.75) is 38.5 Å². The van der Waals surface area contributed by atoms with Crippen LogP contribution in [-0.4, -0.2) is 0 Å². The van der Waals surface area contributed by atoms with Crippen molar-refractivity contribution < 1.29 is 0 Å². The Bertz CT molecular complexity index is 2910. The maximum Gasteiger partial charge on any atom is 0.0165 e. The van der Waals surface area contributed by atoms with Crippen LogP contribution in [0.25, 0.3) is 82.4 Å². The molecule has 0 saturated carbocycles. The highest BCUT2D eigenvalue weighted by atomic mass is 14.4. The molecule has 0 amide bonds. The van der Waals surface area contributed by atoms with E-state index in [1.807, 2.05) is 0 Å². The third kappa shape index (κ3) is 4.90. The van der Waals surface area contributed by atoms with E-state index in [0.717, 1.165) is 5.57 Å². The summed E-state index contributed by atoms with van der Waals surface area (Å²) in [5.41, 5.74) is 16.2. The summed E-state index contributed by atoms with van der Waals surface area (Å²) in [5.74, 6) is 0. The second-order valence-electron chi connectivity index (χ2n) is 16.3. The maximum absolute atomic E-state index is 4.42. The number of benzene rings is 8. The van der Waals surface area contributed by atoms with Gasteiger partial charge in [-0.15, -0.1) is 0 Å². The molecule has 54 heavy (non-hydrogen) atoms. The predicted octanol–water partition coefficient (Wildman–Crippen LogP) is 14.9. The fourth-order valence-electron chi connectivity index (χ4n) is 9.45. The SMILES string of the molecule is C=C1/C=C\C=C/C(C)(C)c2ccc(-c3cccc(-c4cccc(-c5ccc6c(c5)-c5ccc7c8ccccc8c8ccccc8c7c5C6(C)C)c4)c3)cc21. The molecule has 8 aromatic carbocycles. The van der Waals surface area contributed by atoms with Gasteiger partial charge in [0.25, 0.3) is 0 Å². The Kier molecular flexibility index (Phi) is 7.13. The van der Waals surface area contributed by atoms with Crippen molar-refractivity contribution in [1.29, 1.82) is 0 Å². The monoisotopic (exact) mass is 690 g/mol. The zero-order chi connectivity index (χ0) is 36.8. The van der Waals surface area contributed by atoms with Crippen LogP contribution in [-0.2, 0) is 10.8 Å². The van der Waals surface area contributed by atoms with Crippen LogP contribution >= 0.6 is 0 Å². The zero-order valence-corrected chi connectivity index (χ0v) is 31.4. The van der Waals surface area contributed by atoms with Gasteiger partial charge in [-0.05, 0) is 129 Å². The summed E-state index contributed by atoms with van der Waals surface area (Å²) >= 11 is 0. The van der Waals surface area contributed by atoms with Crippen LogP contribution in [0.4, 0.5) is 0 Å². The second-order valence-corrected chi connectivity index (χ2v) is 16.3. The molecule has 0 nitrogen and oxygen atoms in total. The number of allylic oxidation sites excluding steroid dienone is 5. The van der Waals surface area contributed by atoms with Gasteiger partial charge < -0.3 is 0 Å². The summed E-state index contributed by atoms with van der Waals surface area (Å²) in [5, 5.41) is 8.02. The van der Waals surface area contributed by atoms with Crippen LogP contribution in [0.5, 0.6) is 0 Å². The standard InChI is InChI=1S/C54H42/c1-34-14-10-11-29-53(2,3)49-27-23-39(32-47(34)49)37-17-12-15-35(30-37)36-16-13-18-38(31-36)40-24-28-50-48(33-40)46-26-25-45-43-21-7-6-19-41(43)42-20-8-9-22-44(42)51(45)52(46)54(50,4)5/h6-33H,1H2,2-5H3/b14-10-,29-11-. The molecular formula is C54H42. The van der Waals surface area contributed by atoms with E-state index in [1.54, 1.807) is 0 Å². The van der Waals surface area contributed by atoms with Gasteiger partial charge in [-0.2, -0.15) is 0 Å². The summed E-state index contributed by atoms with van der Waals surface area (Å²) in [6.45, 7) is 13.8. The second kappa shape index (κ2) is 11.9. The van der Waals surface area contributed by atoms with Gasteiger partial charge in [0.15, 0.2) is 0 Å². The van der Waals surface area contributed by atoms with E-state index >= 15 is 0 Å². The summed E-state index contributed by atoms with van der Waals surface area (Å²) in [6, 6.07) is 54.6. The first-order valence-electron chi connectivity index (χ1n) is 19.1. The third-order valence-electron chi connectivity index (χ3n) is 12.2. The zero-order valence-electron chi connectivity index (χ0n) is 31.4. The highest BCUT2D eigenvalue weighted by molar-refractivity contribution is 6.27. The lowest BCUT2D eigenvalue weighted by molar-refractivity contribution is 0.666. The molecule has 258 valence electrons. The lowest BCUT2D eigenvalue weighted by Gasteiger charge is -2.26. The van der Waals surface area contributed by atoms with Gasteiger partial charge in [0.1, 0.15) is 0 Å². The van der Waals surface area contributed by atoms with Crippen LogP contribution in [0.3, 0.4) is 0 Å². The van der Waals surface area contributed by atoms with Crippen molar-refractivity contribution in [2.24, 2.45) is 0 Å². The molecule has 0 fully saturated rings. The molecular weight excluding hydrogens is 649 g/mol. The van der Waals surface area contributed by atoms with E-state index in [-0.39, 0.29) is 10.8 Å². The summed E-state index contributed by atoms with van der Waals surface area (Å²) in [4.78, 5) is 0. The summed E-state index contributed by atoms with van der Waals surface area (Å²) in [7, 11) is 0. The van der Waals surface area contributed by atoms with Gasteiger partial charge in [0.05, 0.1) is 0 Å². The van der Waals surface area contributed by atoms with Gasteiger partial charge in [-0.1, -0.05) is 180 Å². The first-order valence-corrected chi connectivity index (χ1v) is 19.1. The minimum atomic E-state index is -0.139. The lowest BCUT2D eigenvalue weighted by Crippen LogP contribution is -2.16. The Balaban J connectivity index is 1.06. The van der Waals surface area contributed by atoms with Gasteiger partial charge in [0, 0.05) is 10.8 Å². The van der Waals surface area contributed by atoms with Crippen LogP contribution < -0.4 is 0 Å². The quantitative estimate of drug-likeness (QED) is 0.162. The third-order valence-corrected chi connectivity index (χ3v) is 12.2. The van der Waals surface area contributed by atoms with Crippen LogP contribution in [0, 0.1) is 0 Å². The van der Waals surface area contributed by atoms with E-state index in [1.165, 1.54) is 99.1 Å². The highest BCUT2D eigenvalue weighted by Gasteiger charge is 2.38. The van der Waals surface area contributed by atoms with Crippen molar-refractivity contribution >= 4 is 37.9 Å². The maximum atomic E-state index is 4.42. The van der Waals surface area contributed by atoms with Gasteiger partial charge >= 0.3 is 0 Å². The van der Waals surface area contributed by atoms with Crippen molar-refractivity contribution in [3.05, 3.63) is 199 Å². The number of hydrogen-bond donors (Lipinski definition) is 0. The Morgan fingerprint density at radius 3 is 1.52 bits per heavy atom. The van der Waals surface area contributed by atoms with E-state index in [4.69, 9.17) is 0 Å². The molecule has 0 spiro atoms. The van der Waals surface area contributed by atoms with E-state index in [2.05, 4.69) is 204 Å². The molecule has 0 heterocycles. The molecule has 0 heteroatoms. The van der Waals surface area contributed by atoms with E-state index in [9.17, 15) is 0 Å². The first kappa shape index (κ1) is 32.4. The molecule has 0 atom stereocenters. The summed E-state index contributed by atoms with van der Waals surface area (Å²) in [6.07, 6.45) is 8.61. The van der Waals surface area contributed by atoms with Crippen molar-refractivity contribution in [2.75, 3.05) is 0 Å². The minimum Gasteiger partial charge on any atom is -0.0911 e. The molecule has 2 aliphatic rings. The highest BCUT2D eigenvalue weighted by Crippen LogP contribution is 2.54. The minimum absolute atomic E-state index is 0.0731. The topological polar surface area (TPSA) is 0 Å². The average Bonchev–Trinajstić information content (AvgIpc) is 3.44. The molecule has 0 radical (unpaired) electrons. The Hall–Kier alpha value is -6.24. The van der Waals surface area contributed by atoms with Crippen LogP contribution in [0.15, 0.2) is 176 Å². The molecule has 8 aromatic rings. The molecule has 0 N–H and O–H groups in total. The largest absolute Gasteiger partial charge is 0.0911 e. The predicted molar refractivity (Wildman–Crippen MR) is 233 cm³/mol. The number of hydrogen-bond acceptors (Lipinski definition) is 0. The Labute approximate surface area is 318 Å². The molecule has 2 aliphatic carbocycles. The van der Waals surface area contributed by atoms with Crippen molar-refractivity contribution in [1.82, 2.24) is 0 Å². The molecule has 0 saturated heterocycles. The Morgan fingerprint density at radius 2 is 0.907 bits per heavy atom. The molecule has 10 rings (SSSR count). The first-order chi connectivity index (χ1) is 26.2. The fraction of sp³-hybridized carbons (Fsp3) is 0.111. The number of fused-ring (bicyclic) bond motifs is 11. The van der Waals surface area contributed by atoms with Gasteiger partial charge in [-0.25, -0.2) is 0 Å². The molecule has 0 unspecified atom stereocenters. The smallest absolute Gasteiger partial charge is 0.0165 e. The van der Waals surface area contributed by atoms with Crippen molar-refractivity contribution in [3.8, 4) is 44.5 Å². The van der Waals surface area contributed by atoms with Crippen LogP contribution in [0.1, 0.15) is 49.9 Å².